The highest BCUT2D eigenvalue weighted by molar-refractivity contribution is 9.10. The zero-order chi connectivity index (χ0) is 22.4. The van der Waals surface area contributed by atoms with Gasteiger partial charge < -0.3 is 19.8 Å². The number of fused-ring (bicyclic) bond motifs is 1. The zero-order valence-electron chi connectivity index (χ0n) is 17.1. The maximum absolute atomic E-state index is 12.3. The van der Waals surface area contributed by atoms with Gasteiger partial charge in [0, 0.05) is 7.05 Å². The predicted octanol–water partition coefficient (Wildman–Crippen LogP) is 2.29. The average Bonchev–Trinajstić information content (AvgIpc) is 3.03. The Kier molecular flexibility index (Phi) is 7.24. The number of aryl methyl sites for hydroxylation is 1. The number of ether oxygens (including phenoxy) is 2. The molecule has 10 heteroatoms. The molecule has 0 aliphatic rings. The van der Waals surface area contributed by atoms with E-state index >= 15 is 0 Å². The van der Waals surface area contributed by atoms with Gasteiger partial charge in [-0.25, -0.2) is 10.4 Å². The van der Waals surface area contributed by atoms with Crippen molar-refractivity contribution in [2.45, 2.75) is 13.3 Å². The molecule has 2 amide bonds. The Morgan fingerprint density at radius 1 is 1.29 bits per heavy atom. The van der Waals surface area contributed by atoms with E-state index in [1.54, 1.807) is 12.1 Å². The molecule has 3 rings (SSSR count). The Labute approximate surface area is 187 Å². The first-order valence-corrected chi connectivity index (χ1v) is 10.3. The first-order valence-electron chi connectivity index (χ1n) is 9.48. The molecule has 31 heavy (non-hydrogen) atoms. The summed E-state index contributed by atoms with van der Waals surface area (Å²) in [5, 5.41) is 4.01. The summed E-state index contributed by atoms with van der Waals surface area (Å²) in [6, 6.07) is 11.1. The number of hydrazone groups is 1. The average molecular weight is 488 g/mol. The summed E-state index contributed by atoms with van der Waals surface area (Å²) in [4.78, 5) is 27.8. The second-order valence-electron chi connectivity index (χ2n) is 6.56. The summed E-state index contributed by atoms with van der Waals surface area (Å²) in [6.45, 7) is 1.95. The van der Waals surface area contributed by atoms with E-state index in [0.717, 1.165) is 11.0 Å². The number of nitrogens with one attached hydrogen (secondary N) is 1. The summed E-state index contributed by atoms with van der Waals surface area (Å²) in [5.41, 5.74) is 10.1. The first-order chi connectivity index (χ1) is 14.9. The molecule has 0 aliphatic heterocycles. The van der Waals surface area contributed by atoms with Gasteiger partial charge in [-0.2, -0.15) is 5.10 Å². The molecule has 1 heterocycles. The normalized spacial score (nSPS) is 11.1. The van der Waals surface area contributed by atoms with Gasteiger partial charge in [0.25, 0.3) is 5.91 Å². The van der Waals surface area contributed by atoms with Gasteiger partial charge in [0.2, 0.25) is 5.91 Å². The molecular formula is C21H22BrN5O4. The van der Waals surface area contributed by atoms with E-state index in [0.29, 0.717) is 34.0 Å². The molecule has 0 bridgehead atoms. The number of imidazole rings is 1. The molecule has 0 spiro atoms. The predicted molar refractivity (Wildman–Crippen MR) is 120 cm³/mol. The first kappa shape index (κ1) is 22.3. The van der Waals surface area contributed by atoms with Gasteiger partial charge in [0.15, 0.2) is 18.1 Å². The number of halogens is 1. The van der Waals surface area contributed by atoms with E-state index < -0.39 is 5.91 Å². The van der Waals surface area contributed by atoms with Crippen molar-refractivity contribution >= 4 is 45.0 Å². The van der Waals surface area contributed by atoms with Gasteiger partial charge in [0.1, 0.15) is 5.82 Å². The number of nitrogens with two attached hydrogens (primary N) is 1. The SMILES string of the molecule is CCOc1cc(C=NNC(=O)Cc2nc3ccccc3n2C)cc(Br)c1OCC(N)=O. The van der Waals surface area contributed by atoms with Gasteiger partial charge in [-0.15, -0.1) is 0 Å². The van der Waals surface area contributed by atoms with Gasteiger partial charge in [-0.3, -0.25) is 9.59 Å². The van der Waals surface area contributed by atoms with Crippen molar-refractivity contribution in [1.29, 1.82) is 0 Å². The van der Waals surface area contributed by atoms with Gasteiger partial charge in [0.05, 0.1) is 34.7 Å². The maximum atomic E-state index is 12.3. The van der Waals surface area contributed by atoms with E-state index in [-0.39, 0.29) is 18.9 Å². The third-order valence-electron chi connectivity index (χ3n) is 4.29. The molecular weight excluding hydrogens is 466 g/mol. The summed E-state index contributed by atoms with van der Waals surface area (Å²) in [6.07, 6.45) is 1.58. The minimum Gasteiger partial charge on any atom is -0.490 e. The highest BCUT2D eigenvalue weighted by Gasteiger charge is 2.14. The third kappa shape index (κ3) is 5.60. The second kappa shape index (κ2) is 10.1. The van der Waals surface area contributed by atoms with Crippen molar-refractivity contribution in [2.75, 3.05) is 13.2 Å². The van der Waals surface area contributed by atoms with Crippen LogP contribution in [0.3, 0.4) is 0 Å². The van der Waals surface area contributed by atoms with Crippen molar-refractivity contribution in [1.82, 2.24) is 15.0 Å². The largest absolute Gasteiger partial charge is 0.490 e. The number of hydrogen-bond donors (Lipinski definition) is 2. The van der Waals surface area contributed by atoms with Crippen molar-refractivity contribution < 1.29 is 19.1 Å². The molecule has 3 aromatic rings. The molecule has 0 atom stereocenters. The Hall–Kier alpha value is -3.40. The molecule has 0 unspecified atom stereocenters. The van der Waals surface area contributed by atoms with Crippen LogP contribution >= 0.6 is 15.9 Å². The lowest BCUT2D eigenvalue weighted by Crippen LogP contribution is -2.21. The van der Waals surface area contributed by atoms with Crippen LogP contribution in [0.25, 0.3) is 11.0 Å². The van der Waals surface area contributed by atoms with Crippen molar-refractivity contribution in [3.63, 3.8) is 0 Å². The molecule has 0 fully saturated rings. The number of amides is 2. The maximum Gasteiger partial charge on any atom is 0.255 e. The summed E-state index contributed by atoms with van der Waals surface area (Å²) in [5.74, 6) is 0.545. The minimum atomic E-state index is -0.594. The quantitative estimate of drug-likeness (QED) is 0.354. The number of carbonyl (C=O) groups excluding carboxylic acids is 2. The fourth-order valence-electron chi connectivity index (χ4n) is 2.92. The van der Waals surface area contributed by atoms with Crippen LogP contribution in [0, 0.1) is 0 Å². The zero-order valence-corrected chi connectivity index (χ0v) is 18.7. The lowest BCUT2D eigenvalue weighted by Gasteiger charge is -2.13. The number of hydrogen-bond acceptors (Lipinski definition) is 6. The smallest absolute Gasteiger partial charge is 0.255 e. The Morgan fingerprint density at radius 3 is 2.77 bits per heavy atom. The molecule has 1 aromatic heterocycles. The number of nitrogens with zero attached hydrogens (tertiary/aromatic N) is 3. The van der Waals surface area contributed by atoms with Crippen LogP contribution in [0.1, 0.15) is 18.3 Å². The summed E-state index contributed by atoms with van der Waals surface area (Å²) < 4.78 is 13.4. The van der Waals surface area contributed by atoms with Crippen LogP contribution in [-0.4, -0.2) is 40.8 Å². The van der Waals surface area contributed by atoms with E-state index in [1.165, 1.54) is 6.21 Å². The fraction of sp³-hybridized carbons (Fsp3) is 0.238. The highest BCUT2D eigenvalue weighted by atomic mass is 79.9. The van der Waals surface area contributed by atoms with Crippen LogP contribution < -0.4 is 20.6 Å². The van der Waals surface area contributed by atoms with Crippen LogP contribution in [0.4, 0.5) is 0 Å². The number of aromatic nitrogens is 2. The van der Waals surface area contributed by atoms with Crippen molar-refractivity contribution in [2.24, 2.45) is 17.9 Å². The lowest BCUT2D eigenvalue weighted by atomic mass is 10.2. The van der Waals surface area contributed by atoms with E-state index in [1.807, 2.05) is 42.8 Å². The van der Waals surface area contributed by atoms with Gasteiger partial charge >= 0.3 is 0 Å². The Balaban J connectivity index is 1.68. The topological polar surface area (TPSA) is 121 Å². The third-order valence-corrected chi connectivity index (χ3v) is 4.88. The lowest BCUT2D eigenvalue weighted by molar-refractivity contribution is -0.121. The van der Waals surface area contributed by atoms with Crippen molar-refractivity contribution in [3.8, 4) is 11.5 Å². The Bertz CT molecular complexity index is 1140. The second-order valence-corrected chi connectivity index (χ2v) is 7.42. The standard InChI is InChI=1S/C21H22BrN5O4/c1-3-30-17-9-13(8-14(22)21(17)31-12-18(23)28)11-24-26-20(29)10-19-25-15-6-4-5-7-16(15)27(19)2/h4-9,11H,3,10,12H2,1-2H3,(H2,23,28)(H,26,29). The molecule has 9 nitrogen and oxygen atoms in total. The molecule has 0 saturated carbocycles. The number of carbonyl (C=O) groups is 2. The molecule has 162 valence electrons. The molecule has 3 N–H and O–H groups in total. The van der Waals surface area contributed by atoms with Crippen LogP contribution in [0.15, 0.2) is 46.0 Å². The minimum absolute atomic E-state index is 0.0936. The molecule has 0 aliphatic carbocycles. The summed E-state index contributed by atoms with van der Waals surface area (Å²) in [7, 11) is 1.87. The number of para-hydroxylation sites is 2. The number of primary amides is 1. The van der Waals surface area contributed by atoms with Crippen molar-refractivity contribution in [3.05, 3.63) is 52.3 Å². The van der Waals surface area contributed by atoms with E-state index in [4.69, 9.17) is 15.2 Å². The highest BCUT2D eigenvalue weighted by Crippen LogP contribution is 2.36. The van der Waals surface area contributed by atoms with E-state index in [9.17, 15) is 9.59 Å². The fourth-order valence-corrected chi connectivity index (χ4v) is 3.50. The molecule has 0 radical (unpaired) electrons. The molecule has 0 saturated heterocycles. The number of benzene rings is 2. The van der Waals surface area contributed by atoms with Crippen LogP contribution in [0.2, 0.25) is 0 Å². The van der Waals surface area contributed by atoms with Gasteiger partial charge in [-0.05, 0) is 52.7 Å². The van der Waals surface area contributed by atoms with Crippen LogP contribution in [-0.2, 0) is 23.1 Å². The summed E-state index contributed by atoms with van der Waals surface area (Å²) >= 11 is 3.39. The Morgan fingerprint density at radius 2 is 2.06 bits per heavy atom. The van der Waals surface area contributed by atoms with Gasteiger partial charge in [-0.1, -0.05) is 12.1 Å². The monoisotopic (exact) mass is 487 g/mol. The van der Waals surface area contributed by atoms with Crippen LogP contribution in [0.5, 0.6) is 11.5 Å². The molecule has 2 aromatic carbocycles. The number of rotatable bonds is 9. The van der Waals surface area contributed by atoms with E-state index in [2.05, 4.69) is 31.4 Å².